The third-order valence-corrected chi connectivity index (χ3v) is 4.70. The van der Waals surface area contributed by atoms with Crippen LogP contribution in [0.15, 0.2) is 42.5 Å². The van der Waals surface area contributed by atoms with E-state index in [1.165, 1.54) is 0 Å². The second-order valence-electron chi connectivity index (χ2n) is 5.30. The zero-order valence-electron chi connectivity index (χ0n) is 13.0. The van der Waals surface area contributed by atoms with Crippen LogP contribution in [-0.2, 0) is 6.16 Å². The van der Waals surface area contributed by atoms with E-state index >= 15 is 0 Å². The van der Waals surface area contributed by atoms with Gasteiger partial charge in [-0.2, -0.15) is 0 Å². The Bertz CT molecular complexity index is 884. The van der Waals surface area contributed by atoms with Crippen LogP contribution in [0.3, 0.4) is 0 Å². The number of fused-ring (bicyclic) bond motifs is 1. The Hall–Kier alpha value is -1.83. The fourth-order valence-corrected chi connectivity index (χ4v) is 3.47. The molecule has 1 atom stereocenters. The molecule has 1 aromatic heterocycles. The number of rotatable bonds is 3. The van der Waals surface area contributed by atoms with Gasteiger partial charge in [-0.05, 0) is 61.1 Å². The summed E-state index contributed by atoms with van der Waals surface area (Å²) in [6.07, 6.45) is 0.774. The lowest BCUT2D eigenvalue weighted by atomic mass is 10.1. The monoisotopic (exact) mass is 345 g/mol. The maximum Gasteiger partial charge on any atom is 0.262 e. The van der Waals surface area contributed by atoms with Crippen molar-refractivity contribution in [3.63, 3.8) is 0 Å². The maximum absolute atomic E-state index is 13.0. The smallest absolute Gasteiger partial charge is 0.262 e. The third kappa shape index (κ3) is 2.75. The first-order valence-electron chi connectivity index (χ1n) is 7.25. The van der Waals surface area contributed by atoms with Gasteiger partial charge in [0, 0.05) is 21.7 Å². The Labute approximate surface area is 142 Å². The van der Waals surface area contributed by atoms with E-state index in [1.54, 1.807) is 35.9 Å². The van der Waals surface area contributed by atoms with Crippen molar-refractivity contribution in [1.29, 1.82) is 0 Å². The number of ether oxygens (including phenoxy) is 1. The Morgan fingerprint density at radius 2 is 1.91 bits per heavy atom. The van der Waals surface area contributed by atoms with Gasteiger partial charge >= 0.3 is 0 Å². The summed E-state index contributed by atoms with van der Waals surface area (Å²) in [5.41, 5.74) is 3.58. The van der Waals surface area contributed by atoms with Crippen LogP contribution in [0, 0.1) is 6.92 Å². The molecule has 0 saturated carbocycles. The number of carbonyl (C=O) groups excluding carboxylic acids is 1. The molecule has 118 valence electrons. The van der Waals surface area contributed by atoms with Crippen LogP contribution < -0.4 is 4.74 Å². The number of methoxy groups -OCH3 is 1. The van der Waals surface area contributed by atoms with Gasteiger partial charge in [-0.25, -0.2) is 0 Å². The van der Waals surface area contributed by atoms with E-state index in [0.29, 0.717) is 10.6 Å². The average Bonchev–Trinajstić information content (AvgIpc) is 2.85. The molecule has 3 nitrogen and oxygen atoms in total. The largest absolute Gasteiger partial charge is 0.497 e. The molecule has 0 amide bonds. The van der Waals surface area contributed by atoms with Crippen molar-refractivity contribution in [3.8, 4) is 5.75 Å². The van der Waals surface area contributed by atoms with E-state index in [9.17, 15) is 4.79 Å². The van der Waals surface area contributed by atoms with Crippen molar-refractivity contribution in [2.45, 2.75) is 13.1 Å². The van der Waals surface area contributed by atoms with Gasteiger partial charge in [-0.15, -0.1) is 9.24 Å². The van der Waals surface area contributed by atoms with Gasteiger partial charge in [-0.3, -0.25) is 9.36 Å². The molecule has 0 saturated heterocycles. The molecule has 3 rings (SSSR count). The first-order valence-corrected chi connectivity index (χ1v) is 8.44. The number of carbonyl (C=O) groups is 1. The summed E-state index contributed by atoms with van der Waals surface area (Å²) in [7, 11) is 4.37. The average molecular weight is 346 g/mol. The normalized spacial score (nSPS) is 11.0. The summed E-state index contributed by atoms with van der Waals surface area (Å²) in [4.78, 5) is 13.0. The summed E-state index contributed by atoms with van der Waals surface area (Å²) < 4.78 is 7.07. The lowest BCUT2D eigenvalue weighted by Crippen LogP contribution is -2.13. The number of halogens is 1. The molecule has 0 aliphatic rings. The predicted molar refractivity (Wildman–Crippen MR) is 97.8 cm³/mol. The molecule has 23 heavy (non-hydrogen) atoms. The van der Waals surface area contributed by atoms with Crippen LogP contribution in [0.2, 0.25) is 5.02 Å². The summed E-state index contributed by atoms with van der Waals surface area (Å²) in [6.45, 7) is 1.97. The Balaban J connectivity index is 2.22. The number of hydrogen-bond donors (Lipinski definition) is 0. The van der Waals surface area contributed by atoms with Crippen molar-refractivity contribution in [3.05, 3.63) is 64.3 Å². The van der Waals surface area contributed by atoms with E-state index in [1.807, 2.05) is 25.1 Å². The molecule has 0 bridgehead atoms. The van der Waals surface area contributed by atoms with Crippen LogP contribution in [-0.4, -0.2) is 17.6 Å². The second kappa shape index (κ2) is 6.35. The Morgan fingerprint density at radius 1 is 1.22 bits per heavy atom. The topological polar surface area (TPSA) is 31.2 Å². The summed E-state index contributed by atoms with van der Waals surface area (Å²) in [6, 6.07) is 12.7. The van der Waals surface area contributed by atoms with Crippen LogP contribution >= 0.6 is 20.8 Å². The highest BCUT2D eigenvalue weighted by atomic mass is 35.5. The lowest BCUT2D eigenvalue weighted by Gasteiger charge is -2.08. The van der Waals surface area contributed by atoms with Gasteiger partial charge in [0.1, 0.15) is 5.75 Å². The van der Waals surface area contributed by atoms with E-state index in [2.05, 4.69) is 9.24 Å². The van der Waals surface area contributed by atoms with Crippen molar-refractivity contribution in [2.24, 2.45) is 0 Å². The standard InChI is InChI=1S/C18H17ClNO2P/c1-11-16(10-23)15-9-14(22-2)7-8-17(15)20(11)18(21)12-3-5-13(19)6-4-12/h3-9H,10,23H2,1-2H3. The minimum absolute atomic E-state index is 0.0565. The first kappa shape index (κ1) is 16.0. The molecule has 3 aromatic rings. The highest BCUT2D eigenvalue weighted by Gasteiger charge is 2.19. The number of nitrogens with zero attached hydrogens (tertiary/aromatic N) is 1. The molecule has 2 aromatic carbocycles. The molecule has 5 heteroatoms. The first-order chi connectivity index (χ1) is 11.1. The zero-order chi connectivity index (χ0) is 16.6. The predicted octanol–water partition coefficient (Wildman–Crippen LogP) is 4.68. The fraction of sp³-hybridized carbons (Fsp3) is 0.167. The quantitative estimate of drug-likeness (QED) is 0.646. The number of aromatic nitrogens is 1. The van der Waals surface area contributed by atoms with Crippen LogP contribution in [0.25, 0.3) is 10.9 Å². The highest BCUT2D eigenvalue weighted by molar-refractivity contribution is 7.15. The number of benzene rings is 2. The van der Waals surface area contributed by atoms with Gasteiger partial charge in [0.2, 0.25) is 0 Å². The summed E-state index contributed by atoms with van der Waals surface area (Å²) in [5.74, 6) is 0.729. The van der Waals surface area contributed by atoms with E-state index in [4.69, 9.17) is 16.3 Å². The lowest BCUT2D eigenvalue weighted by molar-refractivity contribution is 0.0963. The molecular formula is C18H17ClNO2P. The minimum atomic E-state index is -0.0565. The maximum atomic E-state index is 13.0. The summed E-state index contributed by atoms with van der Waals surface area (Å²) >= 11 is 5.91. The Morgan fingerprint density at radius 3 is 2.52 bits per heavy atom. The SMILES string of the molecule is COc1ccc2c(c1)c(CP)c(C)n2C(=O)c1ccc(Cl)cc1. The van der Waals surface area contributed by atoms with Crippen LogP contribution in [0.1, 0.15) is 21.6 Å². The fourth-order valence-electron chi connectivity index (χ4n) is 2.83. The van der Waals surface area contributed by atoms with Crippen LogP contribution in [0.5, 0.6) is 5.75 Å². The highest BCUT2D eigenvalue weighted by Crippen LogP contribution is 2.31. The molecule has 0 aliphatic carbocycles. The molecule has 0 fully saturated rings. The van der Waals surface area contributed by atoms with Gasteiger partial charge in [0.15, 0.2) is 0 Å². The van der Waals surface area contributed by atoms with E-state index < -0.39 is 0 Å². The molecule has 0 radical (unpaired) electrons. The summed E-state index contributed by atoms with van der Waals surface area (Å²) in [5, 5.41) is 1.66. The zero-order valence-corrected chi connectivity index (χ0v) is 14.9. The molecule has 0 aliphatic heterocycles. The third-order valence-electron chi connectivity index (χ3n) is 4.04. The van der Waals surface area contributed by atoms with Crippen LogP contribution in [0.4, 0.5) is 0 Å². The van der Waals surface area contributed by atoms with Gasteiger partial charge < -0.3 is 4.74 Å². The Kier molecular flexibility index (Phi) is 4.43. The van der Waals surface area contributed by atoms with E-state index in [-0.39, 0.29) is 5.91 Å². The van der Waals surface area contributed by atoms with Crippen molar-refractivity contribution >= 4 is 37.7 Å². The van der Waals surface area contributed by atoms with Crippen molar-refractivity contribution in [2.75, 3.05) is 7.11 Å². The second-order valence-corrected chi connectivity index (χ2v) is 6.14. The molecule has 0 spiro atoms. The van der Waals surface area contributed by atoms with Gasteiger partial charge in [0.25, 0.3) is 5.91 Å². The molecule has 0 N–H and O–H groups in total. The minimum Gasteiger partial charge on any atom is -0.497 e. The van der Waals surface area contributed by atoms with Crippen molar-refractivity contribution < 1.29 is 9.53 Å². The number of hydrogen-bond acceptors (Lipinski definition) is 2. The van der Waals surface area contributed by atoms with E-state index in [0.717, 1.165) is 34.1 Å². The van der Waals surface area contributed by atoms with Gasteiger partial charge in [0.05, 0.1) is 12.6 Å². The molecule has 1 unspecified atom stereocenters. The van der Waals surface area contributed by atoms with Gasteiger partial charge in [-0.1, -0.05) is 11.6 Å². The van der Waals surface area contributed by atoms with Crippen molar-refractivity contribution in [1.82, 2.24) is 4.57 Å². The molecule has 1 heterocycles. The molecular weight excluding hydrogens is 329 g/mol.